The van der Waals surface area contributed by atoms with Crippen molar-refractivity contribution in [3.05, 3.63) is 29.3 Å². The van der Waals surface area contributed by atoms with Gasteiger partial charge in [0.25, 0.3) is 0 Å². The van der Waals surface area contributed by atoms with Crippen LogP contribution in [0.5, 0.6) is 5.75 Å². The molecule has 16 heavy (non-hydrogen) atoms. The van der Waals surface area contributed by atoms with Gasteiger partial charge in [-0.15, -0.1) is 0 Å². The number of rotatable bonds is 4. The number of nitrogens with zero attached hydrogens (tertiary/aromatic N) is 1. The van der Waals surface area contributed by atoms with Gasteiger partial charge in [-0.2, -0.15) is 0 Å². The van der Waals surface area contributed by atoms with Crippen molar-refractivity contribution in [2.24, 2.45) is 5.92 Å². The minimum Gasteiger partial charge on any atom is -0.508 e. The van der Waals surface area contributed by atoms with Gasteiger partial charge in [0.05, 0.1) is 0 Å². The minimum absolute atomic E-state index is 0.0335. The van der Waals surface area contributed by atoms with E-state index in [2.05, 4.69) is 0 Å². The van der Waals surface area contributed by atoms with Crippen molar-refractivity contribution in [1.29, 1.82) is 0 Å². The van der Waals surface area contributed by atoms with Crippen LogP contribution < -0.4 is 0 Å². The van der Waals surface area contributed by atoms with Gasteiger partial charge in [-0.05, 0) is 38.6 Å². The molecule has 0 aliphatic heterocycles. The molecule has 3 heteroatoms. The summed E-state index contributed by atoms with van der Waals surface area (Å²) in [5.41, 5.74) is 1.97. The lowest BCUT2D eigenvalue weighted by Gasteiger charge is -2.31. The maximum atomic E-state index is 9.95. The third-order valence-electron chi connectivity index (χ3n) is 2.98. The minimum atomic E-state index is 0.0335. The summed E-state index contributed by atoms with van der Waals surface area (Å²) >= 11 is 0. The summed E-state index contributed by atoms with van der Waals surface area (Å²) in [6.07, 6.45) is 0. The summed E-state index contributed by atoms with van der Waals surface area (Å²) in [6.45, 7) is 4.07. The van der Waals surface area contributed by atoms with Crippen LogP contribution in [0.3, 0.4) is 0 Å². The van der Waals surface area contributed by atoms with E-state index in [4.69, 9.17) is 0 Å². The molecule has 0 aromatic heterocycles. The maximum Gasteiger partial charge on any atom is 0.120 e. The predicted molar refractivity (Wildman–Crippen MR) is 65.5 cm³/mol. The van der Waals surface area contributed by atoms with Gasteiger partial charge in [0.2, 0.25) is 0 Å². The third kappa shape index (κ3) is 2.54. The van der Waals surface area contributed by atoms with Gasteiger partial charge in [-0.1, -0.05) is 19.1 Å². The van der Waals surface area contributed by atoms with E-state index < -0.39 is 0 Å². The van der Waals surface area contributed by atoms with E-state index >= 15 is 0 Å². The van der Waals surface area contributed by atoms with E-state index in [1.54, 1.807) is 6.07 Å². The molecule has 2 unspecified atom stereocenters. The Balaban J connectivity index is 3.20. The van der Waals surface area contributed by atoms with Crippen LogP contribution >= 0.6 is 0 Å². The van der Waals surface area contributed by atoms with Crippen LogP contribution in [0, 0.1) is 12.8 Å². The third-order valence-corrected chi connectivity index (χ3v) is 2.98. The van der Waals surface area contributed by atoms with Crippen molar-refractivity contribution in [3.8, 4) is 5.75 Å². The Hall–Kier alpha value is -1.06. The van der Waals surface area contributed by atoms with Crippen LogP contribution in [0.1, 0.15) is 24.1 Å². The Morgan fingerprint density at radius 3 is 2.38 bits per heavy atom. The number of benzene rings is 1. The molecular weight excluding hydrogens is 202 g/mol. The fourth-order valence-corrected chi connectivity index (χ4v) is 2.20. The smallest absolute Gasteiger partial charge is 0.120 e. The lowest BCUT2D eigenvalue weighted by molar-refractivity contribution is 0.143. The van der Waals surface area contributed by atoms with Crippen LogP contribution in [0.15, 0.2) is 18.2 Å². The largest absolute Gasteiger partial charge is 0.508 e. The number of aliphatic hydroxyl groups is 1. The van der Waals surface area contributed by atoms with Crippen molar-refractivity contribution in [2.75, 3.05) is 20.7 Å². The number of aromatic hydroxyl groups is 1. The summed E-state index contributed by atoms with van der Waals surface area (Å²) in [5, 5.41) is 19.2. The van der Waals surface area contributed by atoms with Crippen molar-refractivity contribution in [3.63, 3.8) is 0 Å². The highest BCUT2D eigenvalue weighted by Crippen LogP contribution is 2.34. The Bertz CT molecular complexity index is 330. The van der Waals surface area contributed by atoms with Gasteiger partial charge in [0, 0.05) is 18.2 Å². The molecule has 0 radical (unpaired) electrons. The van der Waals surface area contributed by atoms with Crippen molar-refractivity contribution < 1.29 is 10.2 Å². The fourth-order valence-electron chi connectivity index (χ4n) is 2.20. The molecule has 0 saturated carbocycles. The first kappa shape index (κ1) is 13.0. The zero-order valence-corrected chi connectivity index (χ0v) is 10.4. The number of hydrogen-bond donors (Lipinski definition) is 2. The summed E-state index contributed by atoms with van der Waals surface area (Å²) in [6, 6.07) is 5.55. The van der Waals surface area contributed by atoms with Crippen LogP contribution in [0.25, 0.3) is 0 Å². The molecule has 90 valence electrons. The Kier molecular flexibility index (Phi) is 4.33. The Morgan fingerprint density at radius 1 is 1.31 bits per heavy atom. The molecule has 0 bridgehead atoms. The second-order valence-corrected chi connectivity index (χ2v) is 4.58. The van der Waals surface area contributed by atoms with E-state index in [1.807, 2.05) is 45.0 Å². The molecular formula is C13H21NO2. The van der Waals surface area contributed by atoms with Crippen LogP contribution in [-0.4, -0.2) is 35.8 Å². The zero-order chi connectivity index (χ0) is 12.3. The van der Waals surface area contributed by atoms with Crippen LogP contribution in [-0.2, 0) is 0 Å². The first-order valence-corrected chi connectivity index (χ1v) is 5.54. The van der Waals surface area contributed by atoms with Gasteiger partial charge in [-0.25, -0.2) is 0 Å². The van der Waals surface area contributed by atoms with E-state index in [0.717, 1.165) is 11.1 Å². The highest BCUT2D eigenvalue weighted by molar-refractivity contribution is 5.41. The molecule has 0 aliphatic carbocycles. The first-order valence-electron chi connectivity index (χ1n) is 5.54. The summed E-state index contributed by atoms with van der Waals surface area (Å²) < 4.78 is 0. The van der Waals surface area contributed by atoms with Crippen molar-refractivity contribution in [2.45, 2.75) is 19.9 Å². The molecule has 0 heterocycles. The average Bonchev–Trinajstić information content (AvgIpc) is 2.22. The highest BCUT2D eigenvalue weighted by Gasteiger charge is 2.24. The second kappa shape index (κ2) is 5.32. The summed E-state index contributed by atoms with van der Waals surface area (Å²) in [7, 11) is 3.92. The molecule has 0 fully saturated rings. The second-order valence-electron chi connectivity index (χ2n) is 4.58. The number of hydrogen-bond acceptors (Lipinski definition) is 3. The molecule has 1 aromatic carbocycles. The van der Waals surface area contributed by atoms with E-state index in [-0.39, 0.29) is 18.6 Å². The Labute approximate surface area is 97.3 Å². The van der Waals surface area contributed by atoms with Crippen LogP contribution in [0.4, 0.5) is 0 Å². The maximum absolute atomic E-state index is 9.95. The van der Waals surface area contributed by atoms with E-state index in [1.165, 1.54) is 0 Å². The number of phenols is 1. The molecule has 0 amide bonds. The monoisotopic (exact) mass is 223 g/mol. The van der Waals surface area contributed by atoms with Gasteiger partial charge in [-0.3, -0.25) is 0 Å². The molecule has 0 saturated heterocycles. The normalized spacial score (nSPS) is 15.1. The molecule has 0 aliphatic rings. The SMILES string of the molecule is Cc1cccc(O)c1C(C(C)CO)N(C)C. The molecule has 2 N–H and O–H groups in total. The van der Waals surface area contributed by atoms with E-state index in [0.29, 0.717) is 5.75 Å². The average molecular weight is 223 g/mol. The standard InChI is InChI=1S/C13H21NO2/c1-9-6-5-7-11(16)12(9)13(14(3)4)10(2)8-15/h5-7,10,13,15-16H,8H2,1-4H3. The predicted octanol–water partition coefficient (Wildman–Crippen LogP) is 1.93. The van der Waals surface area contributed by atoms with Gasteiger partial charge < -0.3 is 15.1 Å². The molecule has 2 atom stereocenters. The first-order chi connectivity index (χ1) is 7.49. The number of aliphatic hydroxyl groups excluding tert-OH is 1. The lowest BCUT2D eigenvalue weighted by Crippen LogP contribution is -2.28. The van der Waals surface area contributed by atoms with Gasteiger partial charge in [0.15, 0.2) is 0 Å². The van der Waals surface area contributed by atoms with Crippen molar-refractivity contribution >= 4 is 0 Å². The fraction of sp³-hybridized carbons (Fsp3) is 0.538. The summed E-state index contributed by atoms with van der Waals surface area (Å²) in [5.74, 6) is 0.390. The molecule has 3 nitrogen and oxygen atoms in total. The highest BCUT2D eigenvalue weighted by atomic mass is 16.3. The quantitative estimate of drug-likeness (QED) is 0.819. The van der Waals surface area contributed by atoms with E-state index in [9.17, 15) is 10.2 Å². The molecule has 1 aromatic rings. The van der Waals surface area contributed by atoms with Crippen LogP contribution in [0.2, 0.25) is 0 Å². The summed E-state index contributed by atoms with van der Waals surface area (Å²) in [4.78, 5) is 2.03. The Morgan fingerprint density at radius 2 is 1.94 bits per heavy atom. The number of phenolic OH excluding ortho intramolecular Hbond substituents is 1. The van der Waals surface area contributed by atoms with Crippen molar-refractivity contribution in [1.82, 2.24) is 4.90 Å². The molecule has 0 spiro atoms. The molecule has 1 rings (SSSR count). The zero-order valence-electron chi connectivity index (χ0n) is 10.4. The topological polar surface area (TPSA) is 43.7 Å². The van der Waals surface area contributed by atoms with Gasteiger partial charge in [0.1, 0.15) is 5.75 Å². The lowest BCUT2D eigenvalue weighted by atomic mass is 9.90. The number of aryl methyl sites for hydroxylation is 1. The van der Waals surface area contributed by atoms with Gasteiger partial charge >= 0.3 is 0 Å².